The van der Waals surface area contributed by atoms with Crippen LogP contribution in [0.1, 0.15) is 202 Å². The number of carbonyl (C=O) groups is 2. The van der Waals surface area contributed by atoms with Gasteiger partial charge in [0, 0.05) is 12.8 Å². The standard InChI is InChI=1S/C52H94NO9P/c1-10-11-12-13-14-15-16-17-18-19-20-21-22-26-49(54)58-38-44(39-60-63(56,57)59-36-35-53(7,8)9)62-50(55)61-43-31-33-51(5)42(37-43)27-28-45-47-30-29-46(41(4)25-23-24-40(2)3)52(47,6)34-32-48(45)51/h27,40-41,43-48H,10-26,28-39H2,1-9H3/t41-,43+,44?,45+,46-,47+,48+,51+,52-/m1/s1. The van der Waals surface area contributed by atoms with Gasteiger partial charge in [0.15, 0.2) is 6.10 Å². The van der Waals surface area contributed by atoms with Crippen molar-refractivity contribution in [3.8, 4) is 0 Å². The number of rotatable bonds is 30. The maximum absolute atomic E-state index is 13.4. The molecule has 2 unspecified atom stereocenters. The van der Waals surface area contributed by atoms with Crippen LogP contribution < -0.4 is 4.89 Å². The highest BCUT2D eigenvalue weighted by Gasteiger charge is 2.59. The molecule has 0 aromatic heterocycles. The van der Waals surface area contributed by atoms with Gasteiger partial charge in [-0.2, -0.15) is 0 Å². The fourth-order valence-electron chi connectivity index (χ4n) is 12.4. The van der Waals surface area contributed by atoms with Crippen LogP contribution in [0.2, 0.25) is 0 Å². The Balaban J connectivity index is 1.25. The number of nitrogens with zero attached hydrogens (tertiary/aromatic N) is 1. The normalized spacial score (nSPS) is 28.9. The van der Waals surface area contributed by atoms with E-state index in [1.165, 1.54) is 115 Å². The number of carbonyl (C=O) groups excluding carboxylic acids is 2. The number of hydrogen-bond acceptors (Lipinski definition) is 9. The maximum atomic E-state index is 13.4. The van der Waals surface area contributed by atoms with E-state index in [9.17, 15) is 19.0 Å². The molecule has 63 heavy (non-hydrogen) atoms. The fourth-order valence-corrected chi connectivity index (χ4v) is 13.1. The summed E-state index contributed by atoms with van der Waals surface area (Å²) in [5.41, 5.74) is 1.95. The number of allylic oxidation sites excluding steroid dienone is 1. The van der Waals surface area contributed by atoms with Crippen LogP contribution in [0.15, 0.2) is 11.6 Å². The molecular weight excluding hydrogens is 814 g/mol. The molecule has 0 spiro atoms. The van der Waals surface area contributed by atoms with Crippen LogP contribution >= 0.6 is 7.82 Å². The van der Waals surface area contributed by atoms with E-state index >= 15 is 0 Å². The summed E-state index contributed by atoms with van der Waals surface area (Å²) in [6.45, 7) is 14.1. The SMILES string of the molecule is CCCCCCCCCCCCCCCC(=O)OCC(COP(=O)([O-])OCC[N+](C)(C)C)OC(=O)O[C@H]1CC[C@@]2(C)C(=CC[C@H]3[C@@H]4CC[C@H]([C@H](C)CCCC(C)C)[C@@]4(C)CC[C@@H]32)C1. The van der Waals surface area contributed by atoms with Crippen molar-refractivity contribution in [2.75, 3.05) is 47.5 Å². The van der Waals surface area contributed by atoms with Gasteiger partial charge < -0.3 is 32.6 Å². The molecule has 0 heterocycles. The number of phosphoric acid groups is 1. The van der Waals surface area contributed by atoms with E-state index in [1.807, 2.05) is 21.1 Å². The van der Waals surface area contributed by atoms with Gasteiger partial charge in [-0.15, -0.1) is 0 Å². The molecule has 0 N–H and O–H groups in total. The molecule has 0 aliphatic heterocycles. The molecule has 3 saturated carbocycles. The lowest BCUT2D eigenvalue weighted by atomic mass is 9.47. The minimum Gasteiger partial charge on any atom is -0.756 e. The van der Waals surface area contributed by atoms with Gasteiger partial charge in [0.1, 0.15) is 25.9 Å². The van der Waals surface area contributed by atoms with Crippen LogP contribution in [0.4, 0.5) is 4.79 Å². The first kappa shape index (κ1) is 54.2. The quantitative estimate of drug-likeness (QED) is 0.0228. The Hall–Kier alpha value is -1.45. The van der Waals surface area contributed by atoms with Crippen molar-refractivity contribution in [3.05, 3.63) is 11.6 Å². The maximum Gasteiger partial charge on any atom is 0.509 e. The Morgan fingerprint density at radius 1 is 0.810 bits per heavy atom. The van der Waals surface area contributed by atoms with Crippen LogP contribution in [0.3, 0.4) is 0 Å². The lowest BCUT2D eigenvalue weighted by molar-refractivity contribution is -0.870. The Labute approximate surface area is 385 Å². The van der Waals surface area contributed by atoms with Gasteiger partial charge in [0.25, 0.3) is 7.82 Å². The van der Waals surface area contributed by atoms with Gasteiger partial charge in [0.2, 0.25) is 0 Å². The minimum atomic E-state index is -4.71. The molecule has 3 fully saturated rings. The Morgan fingerprint density at radius 2 is 1.46 bits per heavy atom. The molecule has 4 aliphatic carbocycles. The summed E-state index contributed by atoms with van der Waals surface area (Å²) in [5, 5.41) is 0. The number of likely N-dealkylation sites (N-methyl/N-ethyl adjacent to an activating group) is 1. The summed E-state index contributed by atoms with van der Waals surface area (Å²) >= 11 is 0. The molecule has 0 saturated heterocycles. The molecule has 10 atom stereocenters. The zero-order valence-electron chi connectivity index (χ0n) is 41.8. The zero-order chi connectivity index (χ0) is 46.1. The third kappa shape index (κ3) is 17.6. The molecule has 0 aromatic carbocycles. The summed E-state index contributed by atoms with van der Waals surface area (Å²) in [5.74, 6) is 4.13. The molecule has 10 nitrogen and oxygen atoms in total. The van der Waals surface area contributed by atoms with Crippen molar-refractivity contribution in [1.82, 2.24) is 0 Å². The minimum absolute atomic E-state index is 0.0533. The van der Waals surface area contributed by atoms with Crippen LogP contribution in [-0.4, -0.2) is 76.3 Å². The molecule has 366 valence electrons. The second-order valence-electron chi connectivity index (χ2n) is 22.5. The Morgan fingerprint density at radius 3 is 2.10 bits per heavy atom. The van der Waals surface area contributed by atoms with Gasteiger partial charge in [-0.05, 0) is 97.7 Å². The number of fused-ring (bicyclic) bond motifs is 5. The number of quaternary nitrogens is 1. The van der Waals surface area contributed by atoms with Crippen molar-refractivity contribution >= 4 is 19.9 Å². The first-order valence-electron chi connectivity index (χ1n) is 26.0. The van der Waals surface area contributed by atoms with Crippen LogP contribution in [0.25, 0.3) is 0 Å². The largest absolute Gasteiger partial charge is 0.756 e. The molecule has 11 heteroatoms. The number of hydrogen-bond donors (Lipinski definition) is 0. The van der Waals surface area contributed by atoms with E-state index in [2.05, 4.69) is 47.6 Å². The van der Waals surface area contributed by atoms with E-state index in [0.29, 0.717) is 41.1 Å². The predicted octanol–water partition coefficient (Wildman–Crippen LogP) is 13.2. The number of esters is 1. The molecule has 4 aliphatic rings. The van der Waals surface area contributed by atoms with E-state index in [-0.39, 0.29) is 31.2 Å². The second-order valence-corrected chi connectivity index (χ2v) is 23.9. The topological polar surface area (TPSA) is 120 Å². The summed E-state index contributed by atoms with van der Waals surface area (Å²) in [6, 6.07) is 0. The van der Waals surface area contributed by atoms with Crippen molar-refractivity contribution in [1.29, 1.82) is 0 Å². The van der Waals surface area contributed by atoms with E-state index < -0.39 is 32.7 Å². The Bertz CT molecular complexity index is 1450. The lowest BCUT2D eigenvalue weighted by Gasteiger charge is -2.58. The molecular formula is C52H94NO9P. The summed E-state index contributed by atoms with van der Waals surface area (Å²) in [6.07, 6.45) is 28.9. The molecule has 0 bridgehead atoms. The van der Waals surface area contributed by atoms with E-state index in [0.717, 1.165) is 55.8 Å². The molecule has 0 amide bonds. The van der Waals surface area contributed by atoms with Crippen LogP contribution in [0, 0.1) is 46.3 Å². The first-order chi connectivity index (χ1) is 29.9. The van der Waals surface area contributed by atoms with Gasteiger partial charge in [-0.1, -0.05) is 150 Å². The first-order valence-corrected chi connectivity index (χ1v) is 27.5. The van der Waals surface area contributed by atoms with Gasteiger partial charge >= 0.3 is 12.1 Å². The Kier molecular flexibility index (Phi) is 22.5. The van der Waals surface area contributed by atoms with E-state index in [1.54, 1.807) is 0 Å². The number of unbranched alkanes of at least 4 members (excludes halogenated alkanes) is 12. The number of phosphoric ester groups is 1. The fraction of sp³-hybridized carbons (Fsp3) is 0.923. The third-order valence-electron chi connectivity index (χ3n) is 16.1. The van der Waals surface area contributed by atoms with Crippen molar-refractivity contribution in [2.45, 2.75) is 214 Å². The third-order valence-corrected chi connectivity index (χ3v) is 17.1. The summed E-state index contributed by atoms with van der Waals surface area (Å²) in [7, 11) is 1.09. The highest BCUT2D eigenvalue weighted by atomic mass is 31.2. The summed E-state index contributed by atoms with van der Waals surface area (Å²) in [4.78, 5) is 38.8. The average molecular weight is 908 g/mol. The van der Waals surface area contributed by atoms with Crippen LogP contribution in [-0.2, 0) is 32.6 Å². The highest BCUT2D eigenvalue weighted by Crippen LogP contribution is 2.67. The highest BCUT2D eigenvalue weighted by molar-refractivity contribution is 7.45. The van der Waals surface area contributed by atoms with Gasteiger partial charge in [-0.3, -0.25) is 9.36 Å². The molecule has 0 radical (unpaired) electrons. The second kappa shape index (κ2) is 26.2. The van der Waals surface area contributed by atoms with Crippen molar-refractivity contribution in [3.63, 3.8) is 0 Å². The van der Waals surface area contributed by atoms with Crippen molar-refractivity contribution < 1.29 is 46.8 Å². The lowest BCUT2D eigenvalue weighted by Crippen LogP contribution is -2.51. The van der Waals surface area contributed by atoms with Gasteiger partial charge in [0.05, 0.1) is 27.7 Å². The smallest absolute Gasteiger partial charge is 0.509 e. The number of ether oxygens (including phenoxy) is 3. The molecule has 0 aromatic rings. The zero-order valence-corrected chi connectivity index (χ0v) is 42.7. The predicted molar refractivity (Wildman–Crippen MR) is 252 cm³/mol. The monoisotopic (exact) mass is 908 g/mol. The van der Waals surface area contributed by atoms with Gasteiger partial charge in [-0.25, -0.2) is 4.79 Å². The van der Waals surface area contributed by atoms with Crippen molar-refractivity contribution in [2.24, 2.45) is 46.3 Å². The van der Waals surface area contributed by atoms with Crippen LogP contribution in [0.5, 0.6) is 0 Å². The van der Waals surface area contributed by atoms with E-state index in [4.69, 9.17) is 23.3 Å². The molecule has 4 rings (SSSR count). The summed E-state index contributed by atoms with van der Waals surface area (Å²) < 4.78 is 40.5. The average Bonchev–Trinajstić information content (AvgIpc) is 3.57.